The quantitative estimate of drug-likeness (QED) is 0.923. The average Bonchev–Trinajstić information content (AvgIpc) is 2.97. The molecule has 3 rings (SSSR count). The van der Waals surface area contributed by atoms with E-state index >= 15 is 0 Å². The van der Waals surface area contributed by atoms with Crippen molar-refractivity contribution in [2.24, 2.45) is 0 Å². The van der Waals surface area contributed by atoms with Gasteiger partial charge in [-0.3, -0.25) is 9.59 Å². The topological polar surface area (TPSA) is 86.1 Å². The van der Waals surface area contributed by atoms with E-state index < -0.39 is 5.91 Å². The molecule has 6 heteroatoms. The summed E-state index contributed by atoms with van der Waals surface area (Å²) in [5, 5.41) is 11.8. The minimum atomic E-state index is -0.446. The van der Waals surface area contributed by atoms with Crippen molar-refractivity contribution >= 4 is 17.5 Å². The summed E-state index contributed by atoms with van der Waals surface area (Å²) in [4.78, 5) is 31.2. The molecule has 0 saturated carbocycles. The van der Waals surface area contributed by atoms with E-state index in [-0.39, 0.29) is 17.3 Å². The lowest BCUT2D eigenvalue weighted by atomic mass is 10.2. The van der Waals surface area contributed by atoms with E-state index in [1.165, 1.54) is 0 Å². The van der Waals surface area contributed by atoms with Gasteiger partial charge in [0.25, 0.3) is 11.8 Å². The van der Waals surface area contributed by atoms with Crippen molar-refractivity contribution in [1.29, 1.82) is 5.26 Å². The third-order valence-corrected chi connectivity index (χ3v) is 4.39. The Kier molecular flexibility index (Phi) is 5.59. The number of nitriles is 1. The number of pyridine rings is 1. The van der Waals surface area contributed by atoms with Gasteiger partial charge in [0, 0.05) is 13.1 Å². The first-order valence-corrected chi connectivity index (χ1v) is 8.76. The Morgan fingerprint density at radius 2 is 1.65 bits per heavy atom. The van der Waals surface area contributed by atoms with Crippen molar-refractivity contribution in [3.05, 3.63) is 59.4 Å². The second-order valence-electron chi connectivity index (χ2n) is 6.23. The number of amides is 2. The second kappa shape index (κ2) is 8.26. The molecule has 1 aliphatic rings. The molecule has 1 aromatic carbocycles. The van der Waals surface area contributed by atoms with E-state index in [4.69, 9.17) is 5.26 Å². The Morgan fingerprint density at radius 1 is 0.962 bits per heavy atom. The lowest BCUT2D eigenvalue weighted by Crippen LogP contribution is -2.32. The maximum atomic E-state index is 12.7. The van der Waals surface area contributed by atoms with Crippen LogP contribution < -0.4 is 5.32 Å². The van der Waals surface area contributed by atoms with Gasteiger partial charge in [-0.2, -0.15) is 5.26 Å². The van der Waals surface area contributed by atoms with Crippen LogP contribution in [0.15, 0.2) is 42.5 Å². The molecule has 2 aromatic rings. The molecule has 0 unspecified atom stereocenters. The number of carbonyl (C=O) groups is 2. The Bertz CT molecular complexity index is 849. The number of likely N-dealkylation sites (tertiary alicyclic amines) is 1. The fourth-order valence-electron chi connectivity index (χ4n) is 2.99. The van der Waals surface area contributed by atoms with Crippen LogP contribution in [0.1, 0.15) is 52.2 Å². The van der Waals surface area contributed by atoms with Gasteiger partial charge in [0.15, 0.2) is 0 Å². The van der Waals surface area contributed by atoms with Crippen LogP contribution in [-0.2, 0) is 0 Å². The van der Waals surface area contributed by atoms with Crippen LogP contribution >= 0.6 is 0 Å². The molecule has 0 atom stereocenters. The SMILES string of the molecule is N#Cc1ccccc1NC(=O)c1cccc(C(=O)N2CCCCCC2)n1. The third kappa shape index (κ3) is 4.06. The van der Waals surface area contributed by atoms with Crippen LogP contribution in [0.3, 0.4) is 0 Å². The van der Waals surface area contributed by atoms with Gasteiger partial charge in [0.1, 0.15) is 17.5 Å². The van der Waals surface area contributed by atoms with E-state index in [1.54, 1.807) is 42.5 Å². The number of hydrogen-bond acceptors (Lipinski definition) is 4. The second-order valence-corrected chi connectivity index (χ2v) is 6.23. The summed E-state index contributed by atoms with van der Waals surface area (Å²) in [5.74, 6) is -0.586. The first-order chi connectivity index (χ1) is 12.7. The van der Waals surface area contributed by atoms with Gasteiger partial charge < -0.3 is 10.2 Å². The molecule has 0 bridgehead atoms. The van der Waals surface area contributed by atoms with Crippen molar-refractivity contribution in [2.45, 2.75) is 25.7 Å². The average molecular weight is 348 g/mol. The van der Waals surface area contributed by atoms with Crippen LogP contribution in [0, 0.1) is 11.3 Å². The van der Waals surface area contributed by atoms with Crippen LogP contribution in [0.4, 0.5) is 5.69 Å². The number of carbonyl (C=O) groups excluding carboxylic acids is 2. The first-order valence-electron chi connectivity index (χ1n) is 8.76. The lowest BCUT2D eigenvalue weighted by Gasteiger charge is -2.19. The van der Waals surface area contributed by atoms with Gasteiger partial charge in [-0.15, -0.1) is 0 Å². The Balaban J connectivity index is 1.77. The molecule has 1 N–H and O–H groups in total. The fraction of sp³-hybridized carbons (Fsp3) is 0.300. The molecule has 2 heterocycles. The smallest absolute Gasteiger partial charge is 0.274 e. The number of hydrogen-bond donors (Lipinski definition) is 1. The number of para-hydroxylation sites is 1. The van der Waals surface area contributed by atoms with Gasteiger partial charge >= 0.3 is 0 Å². The van der Waals surface area contributed by atoms with Crippen molar-refractivity contribution in [3.8, 4) is 6.07 Å². The Hall–Kier alpha value is -3.20. The Labute approximate surface area is 152 Å². The summed E-state index contributed by atoms with van der Waals surface area (Å²) in [6.07, 6.45) is 4.27. The van der Waals surface area contributed by atoms with Crippen LogP contribution in [0.25, 0.3) is 0 Å². The predicted octanol–water partition coefficient (Wildman–Crippen LogP) is 3.22. The number of aromatic nitrogens is 1. The zero-order valence-corrected chi connectivity index (χ0v) is 14.4. The first kappa shape index (κ1) is 17.6. The van der Waals surface area contributed by atoms with Crippen LogP contribution in [0.2, 0.25) is 0 Å². The third-order valence-electron chi connectivity index (χ3n) is 4.39. The maximum absolute atomic E-state index is 12.7. The Morgan fingerprint density at radius 3 is 2.38 bits per heavy atom. The summed E-state index contributed by atoms with van der Waals surface area (Å²) in [6.45, 7) is 1.46. The maximum Gasteiger partial charge on any atom is 0.274 e. The highest BCUT2D eigenvalue weighted by Crippen LogP contribution is 2.16. The molecular weight excluding hydrogens is 328 g/mol. The number of anilines is 1. The van der Waals surface area contributed by atoms with Gasteiger partial charge in [0.2, 0.25) is 0 Å². The molecule has 6 nitrogen and oxygen atoms in total. The lowest BCUT2D eigenvalue weighted by molar-refractivity contribution is 0.0755. The summed E-state index contributed by atoms with van der Waals surface area (Å²) in [5.41, 5.74) is 1.22. The molecule has 1 aliphatic heterocycles. The van der Waals surface area contributed by atoms with E-state index in [0.717, 1.165) is 38.8 Å². The molecule has 26 heavy (non-hydrogen) atoms. The van der Waals surface area contributed by atoms with E-state index in [1.807, 2.05) is 11.0 Å². The summed E-state index contributed by atoms with van der Waals surface area (Å²) < 4.78 is 0. The highest BCUT2D eigenvalue weighted by molar-refractivity contribution is 6.04. The molecule has 132 valence electrons. The number of nitrogens with zero attached hydrogens (tertiary/aromatic N) is 3. The van der Waals surface area contributed by atoms with Crippen molar-refractivity contribution in [3.63, 3.8) is 0 Å². The fourth-order valence-corrected chi connectivity index (χ4v) is 2.99. The molecule has 0 radical (unpaired) electrons. The normalized spacial score (nSPS) is 14.2. The van der Waals surface area contributed by atoms with Crippen molar-refractivity contribution in [1.82, 2.24) is 9.88 Å². The predicted molar refractivity (Wildman–Crippen MR) is 97.7 cm³/mol. The summed E-state index contributed by atoms with van der Waals surface area (Å²) in [7, 11) is 0. The molecule has 1 saturated heterocycles. The molecule has 1 fully saturated rings. The van der Waals surface area contributed by atoms with Gasteiger partial charge in [0.05, 0.1) is 11.3 Å². The standard InChI is InChI=1S/C20H20N4O2/c21-14-15-8-3-4-9-16(15)23-19(25)17-10-7-11-18(22-17)20(26)24-12-5-1-2-6-13-24/h3-4,7-11H,1-2,5-6,12-13H2,(H,23,25). The summed E-state index contributed by atoms with van der Waals surface area (Å²) in [6, 6.07) is 13.6. The minimum absolute atomic E-state index is 0.140. The number of rotatable bonds is 3. The highest BCUT2D eigenvalue weighted by Gasteiger charge is 2.20. The molecular formula is C20H20N4O2. The van der Waals surface area contributed by atoms with Crippen molar-refractivity contribution < 1.29 is 9.59 Å². The highest BCUT2D eigenvalue weighted by atomic mass is 16.2. The number of benzene rings is 1. The number of nitrogens with one attached hydrogen (secondary N) is 1. The minimum Gasteiger partial charge on any atom is -0.337 e. The molecule has 2 amide bonds. The zero-order chi connectivity index (χ0) is 18.4. The van der Waals surface area contributed by atoms with E-state index in [2.05, 4.69) is 10.3 Å². The molecule has 0 aliphatic carbocycles. The molecule has 0 spiro atoms. The molecule has 1 aromatic heterocycles. The van der Waals surface area contributed by atoms with Gasteiger partial charge in [-0.25, -0.2) is 4.98 Å². The van der Waals surface area contributed by atoms with Crippen LogP contribution in [0.5, 0.6) is 0 Å². The van der Waals surface area contributed by atoms with Gasteiger partial charge in [-0.05, 0) is 37.1 Å². The summed E-state index contributed by atoms with van der Waals surface area (Å²) >= 11 is 0. The van der Waals surface area contributed by atoms with E-state index in [9.17, 15) is 9.59 Å². The van der Waals surface area contributed by atoms with Gasteiger partial charge in [-0.1, -0.05) is 31.0 Å². The largest absolute Gasteiger partial charge is 0.337 e. The van der Waals surface area contributed by atoms with E-state index in [0.29, 0.717) is 11.3 Å². The van der Waals surface area contributed by atoms with Crippen molar-refractivity contribution in [2.75, 3.05) is 18.4 Å². The monoisotopic (exact) mass is 348 g/mol. The zero-order valence-electron chi connectivity index (χ0n) is 14.4. The van der Waals surface area contributed by atoms with Crippen LogP contribution in [-0.4, -0.2) is 34.8 Å².